The van der Waals surface area contributed by atoms with Gasteiger partial charge in [-0.05, 0) is 43.2 Å². The summed E-state index contributed by atoms with van der Waals surface area (Å²) >= 11 is 0. The molecule has 1 aliphatic rings. The molecule has 1 amide bonds. The highest BCUT2D eigenvalue weighted by Gasteiger charge is 2.34. The van der Waals surface area contributed by atoms with E-state index >= 15 is 0 Å². The normalized spacial score (nSPS) is 15.9. The minimum atomic E-state index is -3.53. The third kappa shape index (κ3) is 4.20. The largest absolute Gasteiger partial charge is 0.467 e. The zero-order chi connectivity index (χ0) is 21.1. The van der Waals surface area contributed by atoms with Crippen molar-refractivity contribution in [1.29, 1.82) is 0 Å². The van der Waals surface area contributed by atoms with Gasteiger partial charge in [-0.1, -0.05) is 18.2 Å². The highest BCUT2D eigenvalue weighted by atomic mass is 32.2. The molecule has 0 bridgehead atoms. The molecule has 4 rings (SSSR count). The molecular formula is C22H25N3O4S. The van der Waals surface area contributed by atoms with Crippen molar-refractivity contribution < 1.29 is 17.6 Å². The lowest BCUT2D eigenvalue weighted by Gasteiger charge is -2.33. The van der Waals surface area contributed by atoms with Gasteiger partial charge in [0.2, 0.25) is 15.9 Å². The maximum atomic E-state index is 13.4. The van der Waals surface area contributed by atoms with E-state index in [9.17, 15) is 13.2 Å². The number of anilines is 1. The molecule has 0 N–H and O–H groups in total. The topological polar surface area (TPSA) is 75.8 Å². The number of furan rings is 1. The van der Waals surface area contributed by atoms with Gasteiger partial charge in [-0.15, -0.1) is 0 Å². The van der Waals surface area contributed by atoms with Crippen LogP contribution in [0.1, 0.15) is 18.6 Å². The van der Waals surface area contributed by atoms with Gasteiger partial charge in [0.05, 0.1) is 17.7 Å². The van der Waals surface area contributed by atoms with Gasteiger partial charge in [0.15, 0.2) is 0 Å². The van der Waals surface area contributed by atoms with Crippen LogP contribution in [0.4, 0.5) is 5.69 Å². The Morgan fingerprint density at radius 3 is 2.43 bits per heavy atom. The molecule has 1 saturated heterocycles. The number of hydrogen-bond donors (Lipinski definition) is 0. The van der Waals surface area contributed by atoms with Crippen LogP contribution in [0.25, 0.3) is 0 Å². The lowest BCUT2D eigenvalue weighted by molar-refractivity contribution is -0.123. The number of carbonyl (C=O) groups is 1. The van der Waals surface area contributed by atoms with Gasteiger partial charge in [-0.25, -0.2) is 8.42 Å². The molecule has 1 aromatic carbocycles. The van der Waals surface area contributed by atoms with E-state index in [1.165, 1.54) is 4.31 Å². The molecule has 0 aliphatic carbocycles. The summed E-state index contributed by atoms with van der Waals surface area (Å²) in [6, 6.07) is 14.7. The van der Waals surface area contributed by atoms with Gasteiger partial charge in [0.25, 0.3) is 0 Å². The van der Waals surface area contributed by atoms with Crippen LogP contribution < -0.4 is 4.90 Å². The van der Waals surface area contributed by atoms with Crippen LogP contribution in [0.2, 0.25) is 0 Å². The number of para-hydroxylation sites is 1. The van der Waals surface area contributed by atoms with Crippen molar-refractivity contribution in [2.45, 2.75) is 24.3 Å². The third-order valence-corrected chi connectivity index (χ3v) is 7.36. The first kappa shape index (κ1) is 20.4. The first-order chi connectivity index (χ1) is 14.4. The van der Waals surface area contributed by atoms with Crippen LogP contribution in [-0.4, -0.2) is 36.3 Å². The summed E-state index contributed by atoms with van der Waals surface area (Å²) in [5, 5.41) is 0. The summed E-state index contributed by atoms with van der Waals surface area (Å²) in [6.45, 7) is 1.01. The van der Waals surface area contributed by atoms with Crippen molar-refractivity contribution >= 4 is 21.6 Å². The number of rotatable bonds is 6. The second kappa shape index (κ2) is 8.49. The molecule has 0 saturated carbocycles. The quantitative estimate of drug-likeness (QED) is 0.605. The fourth-order valence-electron chi connectivity index (χ4n) is 3.81. The molecule has 1 fully saturated rings. The third-order valence-electron chi connectivity index (χ3n) is 5.47. The van der Waals surface area contributed by atoms with Crippen molar-refractivity contribution in [2.75, 3.05) is 18.0 Å². The maximum absolute atomic E-state index is 13.4. The molecule has 0 unspecified atom stereocenters. The fourth-order valence-corrected chi connectivity index (χ4v) is 5.33. The smallest absolute Gasteiger partial charge is 0.244 e. The average molecular weight is 428 g/mol. The van der Waals surface area contributed by atoms with Gasteiger partial charge in [-0.2, -0.15) is 4.31 Å². The van der Waals surface area contributed by atoms with E-state index in [4.69, 9.17) is 4.42 Å². The van der Waals surface area contributed by atoms with Crippen LogP contribution in [0, 0.1) is 5.92 Å². The van der Waals surface area contributed by atoms with Gasteiger partial charge in [0, 0.05) is 44.1 Å². The Bertz CT molecular complexity index is 1080. The summed E-state index contributed by atoms with van der Waals surface area (Å²) in [7, 11) is -1.74. The molecule has 30 heavy (non-hydrogen) atoms. The molecule has 0 radical (unpaired) electrons. The van der Waals surface area contributed by atoms with Crippen LogP contribution in [0.15, 0.2) is 76.5 Å². The Balaban J connectivity index is 1.47. The Hall–Kier alpha value is -2.84. The highest BCUT2D eigenvalue weighted by Crippen LogP contribution is 2.28. The Labute approximate surface area is 176 Å². The van der Waals surface area contributed by atoms with Crippen LogP contribution in [0.5, 0.6) is 0 Å². The zero-order valence-electron chi connectivity index (χ0n) is 16.8. The van der Waals surface area contributed by atoms with E-state index in [2.05, 4.69) is 0 Å². The number of carbonyl (C=O) groups excluding carboxylic acids is 1. The van der Waals surface area contributed by atoms with E-state index < -0.39 is 10.0 Å². The van der Waals surface area contributed by atoms with Crippen molar-refractivity contribution in [2.24, 2.45) is 13.0 Å². The SMILES string of the molecule is Cn1ccc(S(=O)(=O)N2CCC(C(=O)N(Cc3ccco3)c3ccccc3)CC2)c1. The summed E-state index contributed by atoms with van der Waals surface area (Å²) in [6.07, 6.45) is 5.90. The van der Waals surface area contributed by atoms with E-state index in [0.29, 0.717) is 43.1 Å². The van der Waals surface area contributed by atoms with E-state index in [1.54, 1.807) is 47.3 Å². The summed E-state index contributed by atoms with van der Waals surface area (Å²) in [5.41, 5.74) is 0.804. The molecule has 8 heteroatoms. The lowest BCUT2D eigenvalue weighted by Crippen LogP contribution is -2.44. The van der Waals surface area contributed by atoms with Crippen molar-refractivity contribution in [3.05, 3.63) is 72.9 Å². The standard InChI is InChI=1S/C22H25N3O4S/c1-23-12-11-21(17-23)30(27,28)24-13-9-18(10-14-24)22(26)25(16-20-8-5-15-29-20)19-6-3-2-4-7-19/h2-8,11-12,15,17-18H,9-10,13-14,16H2,1H3. The van der Waals surface area contributed by atoms with E-state index in [-0.39, 0.29) is 11.8 Å². The number of piperidine rings is 1. The first-order valence-electron chi connectivity index (χ1n) is 9.96. The minimum Gasteiger partial charge on any atom is -0.467 e. The molecule has 3 heterocycles. The molecule has 2 aromatic heterocycles. The maximum Gasteiger partial charge on any atom is 0.244 e. The number of aromatic nitrogens is 1. The second-order valence-corrected chi connectivity index (χ2v) is 9.47. The predicted octanol–water partition coefficient (Wildman–Crippen LogP) is 3.25. The molecule has 158 valence electrons. The lowest BCUT2D eigenvalue weighted by atomic mass is 9.96. The monoisotopic (exact) mass is 427 g/mol. The fraction of sp³-hybridized carbons (Fsp3) is 0.318. The summed E-state index contributed by atoms with van der Waals surface area (Å²) in [4.78, 5) is 15.4. The Morgan fingerprint density at radius 2 is 1.83 bits per heavy atom. The van der Waals surface area contributed by atoms with Gasteiger partial charge in [0.1, 0.15) is 5.76 Å². The number of nitrogens with zero attached hydrogens (tertiary/aromatic N) is 3. The summed E-state index contributed by atoms with van der Waals surface area (Å²) < 4.78 is 34.3. The molecular weight excluding hydrogens is 402 g/mol. The highest BCUT2D eigenvalue weighted by molar-refractivity contribution is 7.89. The van der Waals surface area contributed by atoms with E-state index in [1.807, 2.05) is 36.4 Å². The number of aryl methyl sites for hydroxylation is 1. The van der Waals surface area contributed by atoms with Gasteiger partial charge >= 0.3 is 0 Å². The zero-order valence-corrected chi connectivity index (χ0v) is 17.7. The number of sulfonamides is 1. The van der Waals surface area contributed by atoms with Crippen LogP contribution >= 0.6 is 0 Å². The van der Waals surface area contributed by atoms with Crippen molar-refractivity contribution in [3.8, 4) is 0 Å². The number of benzene rings is 1. The molecule has 7 nitrogen and oxygen atoms in total. The number of amides is 1. The van der Waals surface area contributed by atoms with Crippen molar-refractivity contribution in [1.82, 2.24) is 8.87 Å². The Kier molecular flexibility index (Phi) is 5.78. The molecule has 1 aliphatic heterocycles. The van der Waals surface area contributed by atoms with Crippen LogP contribution in [-0.2, 0) is 28.4 Å². The average Bonchev–Trinajstić information content (AvgIpc) is 3.44. The van der Waals surface area contributed by atoms with Gasteiger partial charge in [-0.3, -0.25) is 4.79 Å². The van der Waals surface area contributed by atoms with Gasteiger partial charge < -0.3 is 13.9 Å². The minimum absolute atomic E-state index is 0.00522. The predicted molar refractivity (Wildman–Crippen MR) is 113 cm³/mol. The Morgan fingerprint density at radius 1 is 1.10 bits per heavy atom. The number of hydrogen-bond acceptors (Lipinski definition) is 4. The van der Waals surface area contributed by atoms with Crippen molar-refractivity contribution in [3.63, 3.8) is 0 Å². The van der Waals surface area contributed by atoms with Crippen LogP contribution in [0.3, 0.4) is 0 Å². The van der Waals surface area contributed by atoms with E-state index in [0.717, 1.165) is 5.69 Å². The molecule has 0 spiro atoms. The first-order valence-corrected chi connectivity index (χ1v) is 11.4. The summed E-state index contributed by atoms with van der Waals surface area (Å²) in [5.74, 6) is 0.466. The molecule has 0 atom stereocenters. The molecule has 3 aromatic rings. The second-order valence-electron chi connectivity index (χ2n) is 7.53.